The van der Waals surface area contributed by atoms with Crippen molar-refractivity contribution >= 4 is 40.8 Å². The molecule has 13 heteroatoms. The summed E-state index contributed by atoms with van der Waals surface area (Å²) in [6.45, 7) is 0. The molecular formula is C21H10Cl3F4N3O3. The van der Waals surface area contributed by atoms with E-state index in [-0.39, 0.29) is 26.3 Å². The molecule has 0 aliphatic rings. The Kier molecular flexibility index (Phi) is 6.32. The van der Waals surface area contributed by atoms with E-state index in [4.69, 9.17) is 44.1 Å². The smallest absolute Gasteiger partial charge is 0.434 e. The zero-order valence-corrected chi connectivity index (χ0v) is 19.0. The van der Waals surface area contributed by atoms with Crippen LogP contribution >= 0.6 is 34.8 Å². The van der Waals surface area contributed by atoms with Crippen LogP contribution in [0.4, 0.5) is 17.6 Å². The maximum absolute atomic E-state index is 14.5. The monoisotopic (exact) mass is 533 g/mol. The van der Waals surface area contributed by atoms with E-state index in [0.717, 1.165) is 19.4 Å². The second-order valence-electron chi connectivity index (χ2n) is 6.71. The van der Waals surface area contributed by atoms with Gasteiger partial charge in [0.05, 0.1) is 45.2 Å². The van der Waals surface area contributed by atoms with Gasteiger partial charge in [0.25, 0.3) is 0 Å². The third-order valence-corrected chi connectivity index (χ3v) is 5.85. The number of hydrogen-bond acceptors (Lipinski definition) is 5. The summed E-state index contributed by atoms with van der Waals surface area (Å²) in [5.41, 5.74) is -3.55. The van der Waals surface area contributed by atoms with Crippen LogP contribution < -0.4 is 0 Å². The topological polar surface area (TPSA) is 70.2 Å². The van der Waals surface area contributed by atoms with Gasteiger partial charge < -0.3 is 9.26 Å². The number of carbonyl (C=O) groups is 1. The molecule has 2 aromatic carbocycles. The van der Waals surface area contributed by atoms with E-state index >= 15 is 0 Å². The molecule has 34 heavy (non-hydrogen) atoms. The second-order valence-corrected chi connectivity index (χ2v) is 7.91. The highest BCUT2D eigenvalue weighted by Gasteiger charge is 2.42. The molecule has 2 aromatic heterocycles. The van der Waals surface area contributed by atoms with Crippen LogP contribution in [-0.2, 0) is 10.9 Å². The number of esters is 1. The Bertz CT molecular complexity index is 1400. The largest absolute Gasteiger partial charge is 0.465 e. The van der Waals surface area contributed by atoms with Gasteiger partial charge in [0.2, 0.25) is 0 Å². The Morgan fingerprint density at radius 1 is 1.09 bits per heavy atom. The van der Waals surface area contributed by atoms with E-state index in [2.05, 4.69) is 10.3 Å². The van der Waals surface area contributed by atoms with Crippen molar-refractivity contribution in [1.29, 1.82) is 0 Å². The SMILES string of the molecule is COC(=O)c1c(-c2c(F)cccc2Cl)noc1-c1cnn(-c2cccc(Cl)c2Cl)c1C(F)(F)F. The first kappa shape index (κ1) is 24.1. The number of benzene rings is 2. The zero-order valence-electron chi connectivity index (χ0n) is 16.8. The molecule has 4 aromatic rings. The molecule has 0 aliphatic carbocycles. The van der Waals surface area contributed by atoms with Crippen molar-refractivity contribution in [1.82, 2.24) is 14.9 Å². The fraction of sp³-hybridized carbons (Fsp3) is 0.0952. The van der Waals surface area contributed by atoms with Crippen LogP contribution in [0.3, 0.4) is 0 Å². The number of hydrogen-bond donors (Lipinski definition) is 0. The minimum atomic E-state index is -5.01. The fourth-order valence-electron chi connectivity index (χ4n) is 3.29. The molecule has 0 unspecified atom stereocenters. The Balaban J connectivity index is 2.03. The summed E-state index contributed by atoms with van der Waals surface area (Å²) in [6.07, 6.45) is -4.20. The first-order valence-electron chi connectivity index (χ1n) is 9.18. The van der Waals surface area contributed by atoms with Crippen LogP contribution in [0.2, 0.25) is 15.1 Å². The predicted octanol–water partition coefficient (Wildman–Crippen LogP) is 7.10. The highest BCUT2D eigenvalue weighted by Crippen LogP contribution is 2.44. The van der Waals surface area contributed by atoms with Gasteiger partial charge in [0, 0.05) is 0 Å². The van der Waals surface area contributed by atoms with Crippen molar-refractivity contribution < 1.29 is 31.6 Å². The molecule has 2 heterocycles. The standard InChI is InChI=1S/C21H10Cl3F4N3O3/c1-33-20(32)15-17(14-10(22)4-2-6-12(14)25)30-34-18(15)9-8-29-31(19(9)21(26,27)28)13-7-3-5-11(23)16(13)24/h2-8H,1H3. The number of ether oxygens (including phenoxy) is 1. The van der Waals surface area contributed by atoms with Gasteiger partial charge >= 0.3 is 12.1 Å². The van der Waals surface area contributed by atoms with Crippen molar-refractivity contribution in [3.8, 4) is 28.3 Å². The molecule has 6 nitrogen and oxygen atoms in total. The van der Waals surface area contributed by atoms with E-state index in [1.807, 2.05) is 0 Å². The minimum absolute atomic E-state index is 0.00395. The molecule has 0 bridgehead atoms. The second kappa shape index (κ2) is 8.94. The van der Waals surface area contributed by atoms with E-state index in [9.17, 15) is 22.4 Å². The number of rotatable bonds is 4. The van der Waals surface area contributed by atoms with Crippen LogP contribution in [0.15, 0.2) is 47.1 Å². The lowest BCUT2D eigenvalue weighted by atomic mass is 10.0. The highest BCUT2D eigenvalue weighted by molar-refractivity contribution is 6.43. The average molecular weight is 535 g/mol. The lowest BCUT2D eigenvalue weighted by Gasteiger charge is -2.14. The molecule has 0 spiro atoms. The first-order valence-corrected chi connectivity index (χ1v) is 10.3. The third kappa shape index (κ3) is 4.02. The fourth-order valence-corrected chi connectivity index (χ4v) is 3.91. The summed E-state index contributed by atoms with van der Waals surface area (Å²) in [6, 6.07) is 7.71. The molecular weight excluding hydrogens is 525 g/mol. The van der Waals surface area contributed by atoms with Crippen LogP contribution in [0.25, 0.3) is 28.3 Å². The van der Waals surface area contributed by atoms with Crippen molar-refractivity contribution in [3.63, 3.8) is 0 Å². The molecule has 0 N–H and O–H groups in total. The summed E-state index contributed by atoms with van der Waals surface area (Å²) in [5, 5.41) is 7.09. The Hall–Kier alpha value is -3.08. The van der Waals surface area contributed by atoms with E-state index in [0.29, 0.717) is 4.68 Å². The first-order chi connectivity index (χ1) is 16.1. The quantitative estimate of drug-likeness (QED) is 0.206. The number of aromatic nitrogens is 3. The van der Waals surface area contributed by atoms with E-state index in [1.165, 1.54) is 30.3 Å². The lowest BCUT2D eigenvalue weighted by Crippen LogP contribution is -2.15. The molecule has 0 atom stereocenters. The van der Waals surface area contributed by atoms with Gasteiger partial charge in [0.1, 0.15) is 17.1 Å². The van der Waals surface area contributed by atoms with Crippen molar-refractivity contribution in [3.05, 3.63) is 74.7 Å². The van der Waals surface area contributed by atoms with Crippen LogP contribution in [0, 0.1) is 5.82 Å². The highest BCUT2D eigenvalue weighted by atomic mass is 35.5. The number of carbonyl (C=O) groups excluding carboxylic acids is 1. The van der Waals surface area contributed by atoms with Gasteiger partial charge in [-0.2, -0.15) is 18.3 Å². The lowest BCUT2D eigenvalue weighted by molar-refractivity contribution is -0.142. The normalized spacial score (nSPS) is 11.6. The zero-order chi connectivity index (χ0) is 24.8. The van der Waals surface area contributed by atoms with E-state index < -0.39 is 46.2 Å². The predicted molar refractivity (Wildman–Crippen MR) is 116 cm³/mol. The number of methoxy groups -OCH3 is 1. The molecule has 0 fully saturated rings. The average Bonchev–Trinajstić information content (AvgIpc) is 3.39. The summed E-state index contributed by atoms with van der Waals surface area (Å²) in [5.74, 6) is -2.67. The van der Waals surface area contributed by atoms with Crippen LogP contribution in [0.5, 0.6) is 0 Å². The molecule has 0 saturated carbocycles. The molecule has 4 rings (SSSR count). The number of nitrogens with zero attached hydrogens (tertiary/aromatic N) is 3. The van der Waals surface area contributed by atoms with Gasteiger partial charge in [0.15, 0.2) is 11.5 Å². The molecule has 0 radical (unpaired) electrons. The maximum atomic E-state index is 14.5. The van der Waals surface area contributed by atoms with Gasteiger partial charge in [-0.1, -0.05) is 52.1 Å². The number of alkyl halides is 3. The van der Waals surface area contributed by atoms with Gasteiger partial charge in [-0.15, -0.1) is 0 Å². The Labute approximate surface area is 203 Å². The third-order valence-electron chi connectivity index (χ3n) is 4.72. The minimum Gasteiger partial charge on any atom is -0.465 e. The maximum Gasteiger partial charge on any atom is 0.434 e. The molecule has 0 saturated heterocycles. The molecule has 0 aliphatic heterocycles. The Morgan fingerprint density at radius 2 is 1.76 bits per heavy atom. The summed E-state index contributed by atoms with van der Waals surface area (Å²) < 4.78 is 67.5. The summed E-state index contributed by atoms with van der Waals surface area (Å²) >= 11 is 18.1. The summed E-state index contributed by atoms with van der Waals surface area (Å²) in [7, 11) is 0.992. The van der Waals surface area contributed by atoms with Crippen molar-refractivity contribution in [2.75, 3.05) is 7.11 Å². The van der Waals surface area contributed by atoms with Crippen molar-refractivity contribution in [2.24, 2.45) is 0 Å². The van der Waals surface area contributed by atoms with E-state index in [1.54, 1.807) is 0 Å². The Morgan fingerprint density at radius 3 is 2.41 bits per heavy atom. The van der Waals surface area contributed by atoms with Gasteiger partial charge in [-0.05, 0) is 24.3 Å². The van der Waals surface area contributed by atoms with Crippen molar-refractivity contribution in [2.45, 2.75) is 6.18 Å². The van der Waals surface area contributed by atoms with Crippen LogP contribution in [0.1, 0.15) is 16.1 Å². The van der Waals surface area contributed by atoms with Crippen LogP contribution in [-0.4, -0.2) is 28.0 Å². The molecule has 176 valence electrons. The molecule has 0 amide bonds. The number of halogens is 7. The summed E-state index contributed by atoms with van der Waals surface area (Å²) in [4.78, 5) is 12.6. The van der Waals surface area contributed by atoms with Gasteiger partial charge in [-0.3, -0.25) is 0 Å². The van der Waals surface area contributed by atoms with Gasteiger partial charge in [-0.25, -0.2) is 13.9 Å².